The highest BCUT2D eigenvalue weighted by atomic mass is 16.5. The SMILES string of the molecule is [2H]C([2H])(OC)[C@]12CC[C@@](C)(O)C[C@H]1CC[C@H]1[C@@H]3CC[C@H](C(C)=O)[C@@]3(C)CC[C@@H]12. The number of carbonyl (C=O) groups excluding carboxylic acids is 1. The molecule has 4 aliphatic carbocycles. The smallest absolute Gasteiger partial charge is 0.133 e. The predicted molar refractivity (Wildman–Crippen MR) is 103 cm³/mol. The Morgan fingerprint density at radius 3 is 2.58 bits per heavy atom. The molecule has 26 heavy (non-hydrogen) atoms. The van der Waals surface area contributed by atoms with Crippen LogP contribution in [0.3, 0.4) is 0 Å². The molecule has 3 nitrogen and oxygen atoms in total. The third kappa shape index (κ3) is 2.64. The van der Waals surface area contributed by atoms with E-state index in [2.05, 4.69) is 6.92 Å². The molecule has 4 rings (SSSR count). The summed E-state index contributed by atoms with van der Waals surface area (Å²) in [7, 11) is 1.51. The maximum Gasteiger partial charge on any atom is 0.133 e. The molecule has 0 aliphatic heterocycles. The number of aliphatic hydroxyl groups is 1. The van der Waals surface area contributed by atoms with Crippen molar-refractivity contribution in [3.8, 4) is 0 Å². The van der Waals surface area contributed by atoms with Crippen LogP contribution < -0.4 is 0 Å². The number of ketones is 1. The van der Waals surface area contributed by atoms with Crippen molar-refractivity contribution in [3.63, 3.8) is 0 Å². The molecule has 0 aromatic carbocycles. The van der Waals surface area contributed by atoms with E-state index in [0.717, 1.165) is 38.5 Å². The van der Waals surface area contributed by atoms with Crippen LogP contribution in [0.1, 0.15) is 81.3 Å². The van der Waals surface area contributed by atoms with E-state index in [1.54, 1.807) is 6.92 Å². The van der Waals surface area contributed by atoms with Gasteiger partial charge in [0.05, 0.1) is 14.9 Å². The summed E-state index contributed by atoms with van der Waals surface area (Å²) in [4.78, 5) is 12.3. The van der Waals surface area contributed by atoms with Crippen LogP contribution in [0.15, 0.2) is 0 Å². The van der Waals surface area contributed by atoms with Crippen LogP contribution in [-0.4, -0.2) is 30.2 Å². The Morgan fingerprint density at radius 1 is 1.12 bits per heavy atom. The lowest BCUT2D eigenvalue weighted by molar-refractivity contribution is -0.175. The third-order valence-corrected chi connectivity index (χ3v) is 9.22. The molecule has 1 N–H and O–H groups in total. The van der Waals surface area contributed by atoms with Gasteiger partial charge in [-0.15, -0.1) is 0 Å². The highest BCUT2D eigenvalue weighted by Gasteiger charge is 2.62. The van der Waals surface area contributed by atoms with Gasteiger partial charge in [-0.25, -0.2) is 0 Å². The van der Waals surface area contributed by atoms with E-state index in [1.807, 2.05) is 6.92 Å². The Bertz CT molecular complexity index is 648. The molecule has 0 heterocycles. The second kappa shape index (κ2) is 6.30. The zero-order valence-electron chi connectivity index (χ0n) is 19.0. The van der Waals surface area contributed by atoms with Crippen LogP contribution in [-0.2, 0) is 9.53 Å². The first-order chi connectivity index (χ1) is 13.0. The average molecular weight is 365 g/mol. The zero-order valence-corrected chi connectivity index (χ0v) is 17.0. The summed E-state index contributed by atoms with van der Waals surface area (Å²) >= 11 is 0. The van der Waals surface area contributed by atoms with E-state index in [-0.39, 0.29) is 17.3 Å². The van der Waals surface area contributed by atoms with Gasteiger partial charge in [-0.05, 0) is 106 Å². The molecule has 4 aliphatic rings. The maximum atomic E-state index is 12.3. The topological polar surface area (TPSA) is 46.5 Å². The Hall–Kier alpha value is -0.410. The van der Waals surface area contributed by atoms with E-state index in [1.165, 1.54) is 7.11 Å². The molecule has 148 valence electrons. The number of carbonyl (C=O) groups is 1. The summed E-state index contributed by atoms with van der Waals surface area (Å²) in [6.07, 6.45) is 8.22. The van der Waals surface area contributed by atoms with Crippen LogP contribution in [0.25, 0.3) is 0 Å². The van der Waals surface area contributed by atoms with Gasteiger partial charge in [0.25, 0.3) is 0 Å². The van der Waals surface area contributed by atoms with Crippen molar-refractivity contribution < 1.29 is 17.4 Å². The molecule has 3 heteroatoms. The highest BCUT2D eigenvalue weighted by Crippen LogP contribution is 2.68. The fourth-order valence-electron chi connectivity index (χ4n) is 8.13. The molecule has 0 amide bonds. The van der Waals surface area contributed by atoms with Gasteiger partial charge in [0.2, 0.25) is 0 Å². The number of rotatable bonds is 3. The maximum absolute atomic E-state index is 12.3. The van der Waals surface area contributed by atoms with Gasteiger partial charge in [-0.3, -0.25) is 4.79 Å². The lowest BCUT2D eigenvalue weighted by Gasteiger charge is -2.62. The Kier molecular flexibility index (Phi) is 4.01. The Labute approximate surface area is 162 Å². The molecule has 0 spiro atoms. The van der Waals surface area contributed by atoms with E-state index in [0.29, 0.717) is 42.8 Å². The summed E-state index contributed by atoms with van der Waals surface area (Å²) < 4.78 is 23.3. The van der Waals surface area contributed by atoms with Crippen molar-refractivity contribution in [2.45, 2.75) is 84.2 Å². The van der Waals surface area contributed by atoms with E-state index in [9.17, 15) is 9.90 Å². The fraction of sp³-hybridized carbons (Fsp3) is 0.957. The molecule has 0 saturated heterocycles. The molecule has 0 unspecified atom stereocenters. The predicted octanol–water partition coefficient (Wildman–Crippen LogP) is 4.61. The Morgan fingerprint density at radius 2 is 1.88 bits per heavy atom. The summed E-state index contributed by atoms with van der Waals surface area (Å²) in [5.74, 6) is 1.98. The molecule has 0 radical (unpaired) electrons. The summed E-state index contributed by atoms with van der Waals surface area (Å²) in [6.45, 7) is 4.33. The van der Waals surface area contributed by atoms with Crippen molar-refractivity contribution in [2.24, 2.45) is 40.4 Å². The number of hydrogen-bond acceptors (Lipinski definition) is 3. The molecule has 0 bridgehead atoms. The minimum atomic E-state index is -1.68. The minimum absolute atomic E-state index is 0.0843. The standard InChI is InChI=1S/C23H38O3/c1-15(24)18-7-8-19-17-6-5-16-13-21(2,25)11-12-23(16,14-26-4)20(17)9-10-22(18,19)3/h16-20,25H,5-14H2,1-4H3/t16-,17+,18-,19+,20+,21-,22-,23-/m1/s1/i14D2. The highest BCUT2D eigenvalue weighted by molar-refractivity contribution is 5.79. The molecule has 4 saturated carbocycles. The van der Waals surface area contributed by atoms with E-state index in [4.69, 9.17) is 7.48 Å². The average Bonchev–Trinajstić information content (AvgIpc) is 2.97. The quantitative estimate of drug-likeness (QED) is 0.795. The third-order valence-electron chi connectivity index (χ3n) is 9.22. The molecular weight excluding hydrogens is 324 g/mol. The van der Waals surface area contributed by atoms with Crippen LogP contribution in [0.4, 0.5) is 0 Å². The molecular formula is C23H38O3. The zero-order chi connectivity index (χ0) is 20.5. The van der Waals surface area contributed by atoms with Crippen LogP contribution in [0, 0.1) is 40.4 Å². The number of ether oxygens (including phenoxy) is 1. The van der Waals surface area contributed by atoms with Crippen molar-refractivity contribution in [2.75, 3.05) is 13.7 Å². The number of hydrogen-bond donors (Lipinski definition) is 1. The number of Topliss-reactive ketones (excluding diaryl/α,β-unsaturated/α-hetero) is 1. The molecule has 0 aromatic heterocycles. The van der Waals surface area contributed by atoms with Crippen molar-refractivity contribution in [3.05, 3.63) is 0 Å². The summed E-state index contributed by atoms with van der Waals surface area (Å²) in [5, 5.41) is 10.7. The lowest BCUT2D eigenvalue weighted by atomic mass is 9.43. The van der Waals surface area contributed by atoms with Gasteiger partial charge in [0.1, 0.15) is 5.78 Å². The fourth-order valence-corrected chi connectivity index (χ4v) is 8.13. The van der Waals surface area contributed by atoms with Gasteiger partial charge in [-0.1, -0.05) is 6.92 Å². The minimum Gasteiger partial charge on any atom is -0.390 e. The van der Waals surface area contributed by atoms with Crippen LogP contribution >= 0.6 is 0 Å². The normalized spacial score (nSPS) is 55.2. The monoisotopic (exact) mass is 364 g/mol. The summed E-state index contributed by atoms with van der Waals surface area (Å²) in [5.41, 5.74) is -1.12. The largest absolute Gasteiger partial charge is 0.390 e. The van der Waals surface area contributed by atoms with Gasteiger partial charge >= 0.3 is 0 Å². The first-order valence-electron chi connectivity index (χ1n) is 11.8. The van der Waals surface area contributed by atoms with E-state index >= 15 is 0 Å². The van der Waals surface area contributed by atoms with Crippen molar-refractivity contribution in [1.82, 2.24) is 0 Å². The first-order valence-corrected chi connectivity index (χ1v) is 10.8. The van der Waals surface area contributed by atoms with Gasteiger partial charge in [0.15, 0.2) is 0 Å². The Balaban J connectivity index is 1.73. The summed E-state index contributed by atoms with van der Waals surface area (Å²) in [6, 6.07) is 0. The first kappa shape index (κ1) is 16.5. The van der Waals surface area contributed by atoms with Crippen LogP contribution in [0.2, 0.25) is 0 Å². The van der Waals surface area contributed by atoms with E-state index < -0.39 is 17.6 Å². The van der Waals surface area contributed by atoms with Crippen LogP contribution in [0.5, 0.6) is 0 Å². The second-order valence-corrected chi connectivity index (χ2v) is 10.5. The van der Waals surface area contributed by atoms with Gasteiger partial charge in [-0.2, -0.15) is 0 Å². The van der Waals surface area contributed by atoms with Crippen molar-refractivity contribution in [1.29, 1.82) is 0 Å². The van der Waals surface area contributed by atoms with Crippen molar-refractivity contribution >= 4 is 5.78 Å². The molecule has 0 aromatic rings. The van der Waals surface area contributed by atoms with Gasteiger partial charge < -0.3 is 9.84 Å². The number of fused-ring (bicyclic) bond motifs is 5. The second-order valence-electron chi connectivity index (χ2n) is 10.5. The van der Waals surface area contributed by atoms with Gasteiger partial charge in [0, 0.05) is 13.0 Å². The lowest BCUT2D eigenvalue weighted by Crippen LogP contribution is -2.58. The molecule has 8 atom stereocenters. The number of methoxy groups -OCH3 is 1. The molecule has 4 fully saturated rings.